The number of nitrogens with one attached hydrogen (secondary N) is 1. The van der Waals surface area contributed by atoms with E-state index >= 15 is 0 Å². The lowest BCUT2D eigenvalue weighted by Crippen LogP contribution is -2.35. The molecule has 2 fully saturated rings. The van der Waals surface area contributed by atoms with Crippen molar-refractivity contribution in [3.8, 4) is 11.8 Å². The molecule has 1 aromatic heterocycles. The second-order valence-electron chi connectivity index (χ2n) is 10.5. The first-order valence-electron chi connectivity index (χ1n) is 14.4. The van der Waals surface area contributed by atoms with Gasteiger partial charge in [0.05, 0.1) is 18.9 Å². The van der Waals surface area contributed by atoms with Gasteiger partial charge in [-0.05, 0) is 68.1 Å². The zero-order valence-electron chi connectivity index (χ0n) is 23.4. The molecule has 0 aliphatic carbocycles. The number of benzene rings is 2. The van der Waals surface area contributed by atoms with Crippen molar-refractivity contribution in [1.29, 1.82) is 0 Å². The van der Waals surface area contributed by atoms with E-state index in [1.54, 1.807) is 6.20 Å². The summed E-state index contributed by atoms with van der Waals surface area (Å²) in [6, 6.07) is 16.6. The van der Waals surface area contributed by atoms with Gasteiger partial charge in [0.1, 0.15) is 11.9 Å². The van der Waals surface area contributed by atoms with Gasteiger partial charge in [-0.25, -0.2) is 10.5 Å². The quantitative estimate of drug-likeness (QED) is 0.410. The standard InChI is InChI=1S/C33H36N4O4/c1-25(40-32-4-2-3-19-39-32)33-34-15-16-37(33)24-30-22-31(41-35-30)29-13-11-27(12-14-29)6-5-26-7-9-28(10-8-26)23-36-17-20-38-21-18-36/h7-16,22,24-25,32,35H,2-4,17-21,23H2,1H3/t25-,32?/m0/s1. The van der Waals surface area contributed by atoms with Gasteiger partial charge in [0.25, 0.3) is 0 Å². The van der Waals surface area contributed by atoms with E-state index in [4.69, 9.17) is 19.0 Å². The molecule has 2 saturated heterocycles. The van der Waals surface area contributed by atoms with Crippen molar-refractivity contribution in [2.24, 2.45) is 0 Å². The third-order valence-corrected chi connectivity index (χ3v) is 7.38. The molecule has 0 bridgehead atoms. The number of allylic oxidation sites excluding steroid dienone is 1. The average Bonchev–Trinajstić information content (AvgIpc) is 3.68. The third kappa shape index (κ3) is 7.26. The molecule has 1 unspecified atom stereocenters. The van der Waals surface area contributed by atoms with E-state index < -0.39 is 0 Å². The summed E-state index contributed by atoms with van der Waals surface area (Å²) in [5, 5.41) is 0. The number of imidazole rings is 1. The first-order valence-corrected chi connectivity index (χ1v) is 14.4. The Kier molecular flexibility index (Phi) is 8.79. The topological polar surface area (TPSA) is 70.0 Å². The Balaban J connectivity index is 1.06. The summed E-state index contributed by atoms with van der Waals surface area (Å²) in [6.45, 7) is 7.32. The van der Waals surface area contributed by atoms with E-state index in [0.29, 0.717) is 0 Å². The molecule has 0 saturated carbocycles. The molecule has 1 N–H and O–H groups in total. The Morgan fingerprint density at radius 3 is 2.51 bits per heavy atom. The molecule has 4 heterocycles. The van der Waals surface area contributed by atoms with Crippen molar-refractivity contribution < 1.29 is 19.0 Å². The van der Waals surface area contributed by atoms with Crippen molar-refractivity contribution in [3.05, 3.63) is 101 Å². The van der Waals surface area contributed by atoms with Crippen molar-refractivity contribution in [2.75, 3.05) is 32.9 Å². The number of hydroxylamine groups is 1. The van der Waals surface area contributed by atoms with Gasteiger partial charge in [0.15, 0.2) is 12.0 Å². The van der Waals surface area contributed by atoms with Crippen LogP contribution in [0, 0.1) is 11.8 Å². The van der Waals surface area contributed by atoms with Crippen LogP contribution < -0.4 is 5.48 Å². The smallest absolute Gasteiger partial charge is 0.164 e. The summed E-state index contributed by atoms with van der Waals surface area (Å²) < 4.78 is 19.2. The second-order valence-corrected chi connectivity index (χ2v) is 10.5. The largest absolute Gasteiger partial charge is 0.381 e. The fourth-order valence-electron chi connectivity index (χ4n) is 5.10. The van der Waals surface area contributed by atoms with Crippen molar-refractivity contribution >= 4 is 12.0 Å². The zero-order valence-corrected chi connectivity index (χ0v) is 23.4. The molecule has 2 atom stereocenters. The van der Waals surface area contributed by atoms with Gasteiger partial charge >= 0.3 is 0 Å². The van der Waals surface area contributed by atoms with E-state index in [2.05, 4.69) is 51.5 Å². The Morgan fingerprint density at radius 1 is 1.02 bits per heavy atom. The van der Waals surface area contributed by atoms with E-state index in [0.717, 1.165) is 92.7 Å². The number of aromatic nitrogens is 2. The third-order valence-electron chi connectivity index (χ3n) is 7.38. The molecular formula is C33H36N4O4. The molecule has 0 radical (unpaired) electrons. The molecule has 41 heavy (non-hydrogen) atoms. The molecule has 8 nitrogen and oxygen atoms in total. The van der Waals surface area contributed by atoms with Gasteiger partial charge in [-0.15, -0.1) is 0 Å². The molecule has 2 aromatic carbocycles. The van der Waals surface area contributed by atoms with Crippen molar-refractivity contribution in [1.82, 2.24) is 19.9 Å². The lowest BCUT2D eigenvalue weighted by atomic mass is 10.1. The van der Waals surface area contributed by atoms with Gasteiger partial charge in [0.2, 0.25) is 0 Å². The monoisotopic (exact) mass is 552 g/mol. The number of rotatable bonds is 7. The van der Waals surface area contributed by atoms with Crippen LogP contribution in [-0.2, 0) is 25.6 Å². The highest BCUT2D eigenvalue weighted by molar-refractivity contribution is 5.67. The Morgan fingerprint density at radius 2 is 1.78 bits per heavy atom. The normalized spacial score (nSPS) is 21.0. The molecule has 212 valence electrons. The lowest BCUT2D eigenvalue weighted by Gasteiger charge is -2.26. The minimum absolute atomic E-state index is 0.172. The maximum atomic E-state index is 6.11. The number of hydrogen-bond acceptors (Lipinski definition) is 7. The molecule has 6 rings (SSSR count). The van der Waals surface area contributed by atoms with E-state index in [1.807, 2.05) is 54.2 Å². The van der Waals surface area contributed by atoms with Crippen LogP contribution in [0.3, 0.4) is 0 Å². The second kappa shape index (κ2) is 13.2. The summed E-state index contributed by atoms with van der Waals surface area (Å²) in [5.74, 6) is 8.10. The van der Waals surface area contributed by atoms with Gasteiger partial charge in [0, 0.05) is 67.6 Å². The van der Waals surface area contributed by atoms with Crippen LogP contribution >= 0.6 is 0 Å². The highest BCUT2D eigenvalue weighted by atomic mass is 16.7. The van der Waals surface area contributed by atoms with Gasteiger partial charge in [-0.2, -0.15) is 0 Å². The Hall–Kier alpha value is -3.87. The molecule has 0 amide bonds. The Labute approximate surface area is 241 Å². The summed E-state index contributed by atoms with van der Waals surface area (Å²) in [7, 11) is 0. The predicted molar refractivity (Wildman–Crippen MR) is 157 cm³/mol. The van der Waals surface area contributed by atoms with E-state index in [-0.39, 0.29) is 12.4 Å². The van der Waals surface area contributed by atoms with E-state index in [9.17, 15) is 0 Å². The van der Waals surface area contributed by atoms with E-state index in [1.165, 1.54) is 5.56 Å². The highest BCUT2D eigenvalue weighted by Crippen LogP contribution is 2.25. The van der Waals surface area contributed by atoms with Crippen LogP contribution in [0.2, 0.25) is 0 Å². The van der Waals surface area contributed by atoms with Gasteiger partial charge in [-0.1, -0.05) is 24.0 Å². The SMILES string of the molecule is C[C@H](OC1CCCCO1)c1nccn1C=C1C=C(c2ccc(C#Cc3ccc(CN4CCOCC4)cc3)cc2)ON1. The fraction of sp³-hybridized carbons (Fsp3) is 0.364. The summed E-state index contributed by atoms with van der Waals surface area (Å²) in [4.78, 5) is 12.7. The number of morpholine rings is 1. The maximum absolute atomic E-state index is 6.11. The minimum atomic E-state index is -0.197. The fourth-order valence-corrected chi connectivity index (χ4v) is 5.10. The first kappa shape index (κ1) is 27.3. The van der Waals surface area contributed by atoms with Crippen LogP contribution in [-0.4, -0.2) is 53.7 Å². The molecule has 3 aromatic rings. The Bertz CT molecular complexity index is 1420. The minimum Gasteiger partial charge on any atom is -0.381 e. The van der Waals surface area contributed by atoms with Gasteiger partial charge in [-0.3, -0.25) is 4.90 Å². The number of nitrogens with zero attached hydrogens (tertiary/aromatic N) is 3. The van der Waals surface area contributed by atoms with Crippen LogP contribution in [0.1, 0.15) is 60.4 Å². The van der Waals surface area contributed by atoms with Crippen molar-refractivity contribution in [3.63, 3.8) is 0 Å². The molecule has 3 aliphatic heterocycles. The number of ether oxygens (including phenoxy) is 3. The number of hydrogen-bond donors (Lipinski definition) is 1. The van der Waals surface area contributed by atoms with Crippen LogP contribution in [0.15, 0.2) is 72.7 Å². The summed E-state index contributed by atoms with van der Waals surface area (Å²) in [6.07, 6.45) is 10.4. The first-order chi connectivity index (χ1) is 20.2. The molecule has 3 aliphatic rings. The highest BCUT2D eigenvalue weighted by Gasteiger charge is 2.21. The van der Waals surface area contributed by atoms with Crippen LogP contribution in [0.5, 0.6) is 0 Å². The molecule has 0 spiro atoms. The van der Waals surface area contributed by atoms with Crippen molar-refractivity contribution in [2.45, 2.75) is 45.1 Å². The lowest BCUT2D eigenvalue weighted by molar-refractivity contribution is -0.187. The summed E-state index contributed by atoms with van der Waals surface area (Å²) >= 11 is 0. The molecular weight excluding hydrogens is 516 g/mol. The summed E-state index contributed by atoms with van der Waals surface area (Å²) in [5.41, 5.74) is 8.05. The zero-order chi connectivity index (χ0) is 27.9. The van der Waals surface area contributed by atoms with Crippen LogP contribution in [0.25, 0.3) is 12.0 Å². The maximum Gasteiger partial charge on any atom is 0.164 e. The average molecular weight is 553 g/mol. The van der Waals surface area contributed by atoms with Gasteiger partial charge < -0.3 is 23.6 Å². The van der Waals surface area contributed by atoms with Crippen LogP contribution in [0.4, 0.5) is 0 Å². The molecule has 8 heteroatoms. The predicted octanol–water partition coefficient (Wildman–Crippen LogP) is 5.09.